The van der Waals surface area contributed by atoms with Crippen LogP contribution >= 0.6 is 15.9 Å². The molecule has 1 atom stereocenters. The van der Waals surface area contributed by atoms with E-state index in [1.807, 2.05) is 13.8 Å². The van der Waals surface area contributed by atoms with Crippen LogP contribution in [-0.2, 0) is 0 Å². The minimum Gasteiger partial charge on any atom is -0.332 e. The number of carbonyl (C=O) groups excluding carboxylic acids is 1. The minimum absolute atomic E-state index is 0.0424. The number of likely N-dealkylation sites (tertiary alicyclic amines) is 1. The van der Waals surface area contributed by atoms with Crippen molar-refractivity contribution in [3.63, 3.8) is 0 Å². The number of hydrogen-bond donors (Lipinski definition) is 1. The van der Waals surface area contributed by atoms with Gasteiger partial charge in [0.2, 0.25) is 0 Å². The Bertz CT molecular complexity index is 490. The summed E-state index contributed by atoms with van der Waals surface area (Å²) in [5, 5.41) is 0. The molecule has 1 aliphatic rings. The number of nitrogens with two attached hydrogens (primary N) is 1. The van der Waals surface area contributed by atoms with Crippen LogP contribution in [0.25, 0.3) is 0 Å². The molecule has 2 rings (SSSR count). The zero-order valence-electron chi connectivity index (χ0n) is 10.4. The first-order chi connectivity index (χ1) is 8.31. The van der Waals surface area contributed by atoms with Crippen LogP contribution in [0.4, 0.5) is 4.39 Å². The lowest BCUT2D eigenvalue weighted by Crippen LogP contribution is -2.43. The fourth-order valence-electron chi connectivity index (χ4n) is 2.46. The molecule has 1 aromatic rings. The average Bonchev–Trinajstić information content (AvgIpc) is 2.54. The molecular formula is C13H16BrFN2O. The molecule has 1 unspecified atom stereocenters. The molecule has 0 aromatic heterocycles. The molecular weight excluding hydrogens is 299 g/mol. The fourth-order valence-corrected chi connectivity index (χ4v) is 2.82. The van der Waals surface area contributed by atoms with Crippen LogP contribution in [0.5, 0.6) is 0 Å². The van der Waals surface area contributed by atoms with Gasteiger partial charge >= 0.3 is 0 Å². The zero-order chi connectivity index (χ0) is 13.5. The van der Waals surface area contributed by atoms with Gasteiger partial charge in [-0.1, -0.05) is 15.9 Å². The van der Waals surface area contributed by atoms with Gasteiger partial charge in [-0.25, -0.2) is 4.39 Å². The predicted octanol–water partition coefficient (Wildman–Crippen LogP) is 2.54. The van der Waals surface area contributed by atoms with Gasteiger partial charge in [-0.05, 0) is 38.5 Å². The third kappa shape index (κ3) is 2.42. The number of nitrogens with zero attached hydrogens (tertiary/aromatic N) is 1. The molecule has 1 saturated heterocycles. The molecule has 98 valence electrons. The van der Waals surface area contributed by atoms with Crippen LogP contribution in [0.2, 0.25) is 0 Å². The Balaban J connectivity index is 2.34. The van der Waals surface area contributed by atoms with Gasteiger partial charge in [0.15, 0.2) is 0 Å². The van der Waals surface area contributed by atoms with Crippen molar-refractivity contribution in [1.29, 1.82) is 0 Å². The molecule has 2 N–H and O–H groups in total. The molecule has 0 aliphatic carbocycles. The molecule has 0 bridgehead atoms. The number of amides is 1. The van der Waals surface area contributed by atoms with Crippen molar-refractivity contribution in [2.45, 2.75) is 31.8 Å². The van der Waals surface area contributed by atoms with E-state index in [1.54, 1.807) is 11.0 Å². The highest BCUT2D eigenvalue weighted by Crippen LogP contribution is 2.30. The zero-order valence-corrected chi connectivity index (χ0v) is 12.0. The number of carbonyl (C=O) groups is 1. The van der Waals surface area contributed by atoms with E-state index in [2.05, 4.69) is 15.9 Å². The standard InChI is InChI=1S/C13H16BrFN2O/c1-13(2)6-9(16)7-17(13)12(18)10-5-8(14)3-4-11(10)15/h3-5,9H,6-7,16H2,1-2H3. The van der Waals surface area contributed by atoms with Gasteiger partial charge in [0.05, 0.1) is 5.56 Å². The first kappa shape index (κ1) is 13.5. The van der Waals surface area contributed by atoms with Crippen molar-refractivity contribution < 1.29 is 9.18 Å². The number of rotatable bonds is 1. The summed E-state index contributed by atoms with van der Waals surface area (Å²) < 4.78 is 14.4. The first-order valence-electron chi connectivity index (χ1n) is 5.84. The highest BCUT2D eigenvalue weighted by atomic mass is 79.9. The number of benzene rings is 1. The lowest BCUT2D eigenvalue weighted by Gasteiger charge is -2.31. The Kier molecular flexibility index (Phi) is 3.47. The van der Waals surface area contributed by atoms with E-state index in [1.165, 1.54) is 12.1 Å². The molecule has 1 heterocycles. The summed E-state index contributed by atoms with van der Waals surface area (Å²) in [6.45, 7) is 4.37. The normalized spacial score (nSPS) is 22.3. The third-order valence-corrected chi connectivity index (χ3v) is 3.81. The Hall–Kier alpha value is -0.940. The smallest absolute Gasteiger partial charge is 0.257 e. The molecule has 18 heavy (non-hydrogen) atoms. The quantitative estimate of drug-likeness (QED) is 0.866. The van der Waals surface area contributed by atoms with Crippen LogP contribution in [0.3, 0.4) is 0 Å². The molecule has 1 amide bonds. The van der Waals surface area contributed by atoms with Crippen molar-refractivity contribution in [2.75, 3.05) is 6.54 Å². The second-order valence-corrected chi connectivity index (χ2v) is 6.23. The number of halogens is 2. The fraction of sp³-hybridized carbons (Fsp3) is 0.462. The predicted molar refractivity (Wildman–Crippen MR) is 71.8 cm³/mol. The van der Waals surface area contributed by atoms with Crippen LogP contribution < -0.4 is 5.73 Å². The van der Waals surface area contributed by atoms with Crippen LogP contribution in [0.15, 0.2) is 22.7 Å². The van der Waals surface area contributed by atoms with E-state index in [9.17, 15) is 9.18 Å². The van der Waals surface area contributed by atoms with Gasteiger partial charge in [0.25, 0.3) is 5.91 Å². The van der Waals surface area contributed by atoms with Crippen molar-refractivity contribution in [2.24, 2.45) is 5.73 Å². The molecule has 0 saturated carbocycles. The largest absolute Gasteiger partial charge is 0.332 e. The lowest BCUT2D eigenvalue weighted by atomic mass is 10.00. The summed E-state index contributed by atoms with van der Waals surface area (Å²) in [5.74, 6) is -0.800. The maximum Gasteiger partial charge on any atom is 0.257 e. The highest BCUT2D eigenvalue weighted by molar-refractivity contribution is 9.10. The second kappa shape index (κ2) is 4.63. The van der Waals surface area contributed by atoms with Gasteiger partial charge < -0.3 is 10.6 Å². The Labute approximate surface area is 114 Å². The van der Waals surface area contributed by atoms with Gasteiger partial charge in [0, 0.05) is 22.6 Å². The molecule has 5 heteroatoms. The third-order valence-electron chi connectivity index (χ3n) is 3.31. The van der Waals surface area contributed by atoms with E-state index >= 15 is 0 Å². The monoisotopic (exact) mass is 314 g/mol. The van der Waals surface area contributed by atoms with Crippen molar-refractivity contribution >= 4 is 21.8 Å². The Morgan fingerprint density at radius 1 is 1.56 bits per heavy atom. The minimum atomic E-state index is -0.500. The summed E-state index contributed by atoms with van der Waals surface area (Å²) in [6, 6.07) is 4.34. The summed E-state index contributed by atoms with van der Waals surface area (Å²) in [5.41, 5.74) is 5.65. The van der Waals surface area contributed by atoms with Crippen molar-refractivity contribution in [3.8, 4) is 0 Å². The molecule has 0 spiro atoms. The van der Waals surface area contributed by atoms with Crippen molar-refractivity contribution in [3.05, 3.63) is 34.1 Å². The van der Waals surface area contributed by atoms with E-state index in [0.29, 0.717) is 11.0 Å². The van der Waals surface area contributed by atoms with Gasteiger partial charge in [-0.15, -0.1) is 0 Å². The van der Waals surface area contributed by atoms with E-state index in [-0.39, 0.29) is 23.1 Å². The van der Waals surface area contributed by atoms with Crippen LogP contribution in [0.1, 0.15) is 30.6 Å². The van der Waals surface area contributed by atoms with Gasteiger partial charge in [-0.2, -0.15) is 0 Å². The van der Waals surface area contributed by atoms with Gasteiger partial charge in [0.1, 0.15) is 5.82 Å². The van der Waals surface area contributed by atoms with Gasteiger partial charge in [-0.3, -0.25) is 4.79 Å². The van der Waals surface area contributed by atoms with E-state index in [0.717, 1.165) is 6.42 Å². The van der Waals surface area contributed by atoms with Crippen LogP contribution in [-0.4, -0.2) is 28.9 Å². The molecule has 1 aromatic carbocycles. The Morgan fingerprint density at radius 2 is 2.22 bits per heavy atom. The van der Waals surface area contributed by atoms with E-state index < -0.39 is 5.82 Å². The molecule has 1 aliphatic heterocycles. The first-order valence-corrected chi connectivity index (χ1v) is 6.63. The lowest BCUT2D eigenvalue weighted by molar-refractivity contribution is 0.0646. The topological polar surface area (TPSA) is 46.3 Å². The molecule has 1 fully saturated rings. The van der Waals surface area contributed by atoms with Crippen molar-refractivity contribution in [1.82, 2.24) is 4.90 Å². The summed E-state index contributed by atoms with van der Waals surface area (Å²) >= 11 is 3.25. The molecule has 3 nitrogen and oxygen atoms in total. The maximum absolute atomic E-state index is 13.7. The second-order valence-electron chi connectivity index (χ2n) is 5.32. The SMILES string of the molecule is CC1(C)CC(N)CN1C(=O)c1cc(Br)ccc1F. The Morgan fingerprint density at radius 3 is 2.78 bits per heavy atom. The number of hydrogen-bond acceptors (Lipinski definition) is 2. The highest BCUT2D eigenvalue weighted by Gasteiger charge is 2.40. The average molecular weight is 315 g/mol. The van der Waals surface area contributed by atoms with Crippen LogP contribution in [0, 0.1) is 5.82 Å². The summed E-state index contributed by atoms with van der Waals surface area (Å²) in [6.07, 6.45) is 0.731. The van der Waals surface area contributed by atoms with E-state index in [4.69, 9.17) is 5.73 Å². The molecule has 0 radical (unpaired) electrons. The maximum atomic E-state index is 13.7. The summed E-state index contributed by atoms with van der Waals surface area (Å²) in [4.78, 5) is 14.0. The summed E-state index contributed by atoms with van der Waals surface area (Å²) in [7, 11) is 0.